The van der Waals surface area contributed by atoms with Gasteiger partial charge in [0.05, 0.1) is 17.2 Å². The van der Waals surface area contributed by atoms with Gasteiger partial charge < -0.3 is 15.4 Å². The Balaban J connectivity index is 1.75. The van der Waals surface area contributed by atoms with Crippen molar-refractivity contribution in [1.82, 2.24) is 0 Å². The first-order valence-corrected chi connectivity index (χ1v) is 11.0. The van der Waals surface area contributed by atoms with Crippen LogP contribution in [0.1, 0.15) is 12.5 Å². The first-order valence-electron chi connectivity index (χ1n) is 9.55. The lowest BCUT2D eigenvalue weighted by molar-refractivity contribution is -0.112. The quantitative estimate of drug-likeness (QED) is 0.595. The minimum Gasteiger partial charge on any atom is -0.494 e. The molecule has 3 aromatic rings. The third kappa shape index (κ3) is 4.02. The Hall–Kier alpha value is -3.65. The number of anilines is 2. The average Bonchev–Trinajstić information content (AvgIpc) is 2.98. The van der Waals surface area contributed by atoms with E-state index in [2.05, 4.69) is 10.6 Å². The van der Waals surface area contributed by atoms with Crippen molar-refractivity contribution in [2.45, 2.75) is 11.8 Å². The molecule has 0 atom stereocenters. The molecular formula is C23H19FN2O4S. The van der Waals surface area contributed by atoms with Crippen LogP contribution in [0.4, 0.5) is 15.8 Å². The maximum atomic E-state index is 13.2. The molecule has 0 radical (unpaired) electrons. The molecule has 0 saturated carbocycles. The lowest BCUT2D eigenvalue weighted by atomic mass is 10.1. The van der Waals surface area contributed by atoms with Crippen LogP contribution in [0.25, 0.3) is 5.70 Å². The summed E-state index contributed by atoms with van der Waals surface area (Å²) in [7, 11) is -4.05. The number of ether oxygens (including phenoxy) is 1. The number of rotatable bonds is 6. The Kier molecular flexibility index (Phi) is 5.48. The first kappa shape index (κ1) is 20.6. The van der Waals surface area contributed by atoms with E-state index < -0.39 is 26.5 Å². The zero-order valence-corrected chi connectivity index (χ0v) is 17.4. The Morgan fingerprint density at radius 2 is 1.58 bits per heavy atom. The molecule has 0 fully saturated rings. The Bertz CT molecular complexity index is 1270. The molecule has 1 aliphatic rings. The molecule has 0 bridgehead atoms. The predicted molar refractivity (Wildman–Crippen MR) is 117 cm³/mol. The van der Waals surface area contributed by atoms with Gasteiger partial charge in [-0.3, -0.25) is 4.79 Å². The number of nitrogens with one attached hydrogen (secondary N) is 2. The third-order valence-electron chi connectivity index (χ3n) is 4.68. The number of sulfone groups is 1. The molecule has 4 rings (SSSR count). The van der Waals surface area contributed by atoms with E-state index >= 15 is 0 Å². The number of fused-ring (bicyclic) bond motifs is 1. The van der Waals surface area contributed by atoms with Crippen molar-refractivity contribution >= 4 is 32.8 Å². The van der Waals surface area contributed by atoms with E-state index in [1.54, 1.807) is 42.5 Å². The van der Waals surface area contributed by atoms with E-state index in [0.717, 1.165) is 0 Å². The minimum absolute atomic E-state index is 0.0488. The molecule has 6 nitrogen and oxygen atoms in total. The van der Waals surface area contributed by atoms with Gasteiger partial charge in [0, 0.05) is 16.9 Å². The van der Waals surface area contributed by atoms with Crippen LogP contribution in [0, 0.1) is 5.82 Å². The van der Waals surface area contributed by atoms with E-state index in [1.807, 2.05) is 6.92 Å². The molecule has 1 amide bonds. The van der Waals surface area contributed by atoms with Gasteiger partial charge in [-0.1, -0.05) is 18.2 Å². The fourth-order valence-corrected chi connectivity index (χ4v) is 4.96. The number of hydrogen-bond donors (Lipinski definition) is 2. The van der Waals surface area contributed by atoms with Gasteiger partial charge in [-0.2, -0.15) is 0 Å². The van der Waals surface area contributed by atoms with Crippen LogP contribution in [0.3, 0.4) is 0 Å². The number of benzene rings is 3. The van der Waals surface area contributed by atoms with Crippen molar-refractivity contribution in [3.8, 4) is 5.75 Å². The van der Waals surface area contributed by atoms with Crippen molar-refractivity contribution in [2.75, 3.05) is 17.2 Å². The second-order valence-electron chi connectivity index (χ2n) is 6.75. The monoisotopic (exact) mass is 438 g/mol. The summed E-state index contributed by atoms with van der Waals surface area (Å²) in [5, 5.41) is 5.61. The molecule has 3 aromatic carbocycles. The summed E-state index contributed by atoms with van der Waals surface area (Å²) in [5.41, 5.74) is 1.46. The maximum Gasteiger partial charge on any atom is 0.269 e. The van der Waals surface area contributed by atoms with Gasteiger partial charge in [0.15, 0.2) is 4.91 Å². The van der Waals surface area contributed by atoms with Gasteiger partial charge in [-0.05, 0) is 61.5 Å². The van der Waals surface area contributed by atoms with Crippen LogP contribution in [0.15, 0.2) is 82.6 Å². The van der Waals surface area contributed by atoms with E-state index in [1.165, 1.54) is 30.3 Å². The number of halogens is 1. The molecule has 158 valence electrons. The van der Waals surface area contributed by atoms with Crippen LogP contribution in [0.2, 0.25) is 0 Å². The van der Waals surface area contributed by atoms with Crippen LogP contribution >= 0.6 is 0 Å². The van der Waals surface area contributed by atoms with Gasteiger partial charge in [0.2, 0.25) is 9.84 Å². The van der Waals surface area contributed by atoms with Crippen LogP contribution < -0.4 is 15.4 Å². The average molecular weight is 438 g/mol. The van der Waals surface area contributed by atoms with Gasteiger partial charge in [0.1, 0.15) is 11.6 Å². The van der Waals surface area contributed by atoms with Crippen molar-refractivity contribution in [1.29, 1.82) is 0 Å². The van der Waals surface area contributed by atoms with Gasteiger partial charge in [0.25, 0.3) is 5.91 Å². The highest BCUT2D eigenvalue weighted by Gasteiger charge is 2.40. The van der Waals surface area contributed by atoms with Crippen molar-refractivity contribution in [2.24, 2.45) is 0 Å². The van der Waals surface area contributed by atoms with E-state index in [9.17, 15) is 17.6 Å². The number of carbonyl (C=O) groups is 1. The highest BCUT2D eigenvalue weighted by Crippen LogP contribution is 2.40. The highest BCUT2D eigenvalue weighted by atomic mass is 32.2. The molecule has 1 aliphatic heterocycles. The Morgan fingerprint density at radius 3 is 2.26 bits per heavy atom. The molecule has 0 aliphatic carbocycles. The fraction of sp³-hybridized carbons (Fsp3) is 0.0870. The maximum absolute atomic E-state index is 13.2. The largest absolute Gasteiger partial charge is 0.494 e. The minimum atomic E-state index is -4.05. The predicted octanol–water partition coefficient (Wildman–Crippen LogP) is 4.43. The molecule has 0 unspecified atom stereocenters. The number of hydrogen-bond acceptors (Lipinski definition) is 5. The van der Waals surface area contributed by atoms with Crippen molar-refractivity contribution in [3.63, 3.8) is 0 Å². The Morgan fingerprint density at radius 1 is 0.935 bits per heavy atom. The highest BCUT2D eigenvalue weighted by molar-refractivity contribution is 7.97. The summed E-state index contributed by atoms with van der Waals surface area (Å²) >= 11 is 0. The lowest BCUT2D eigenvalue weighted by Gasteiger charge is -2.12. The summed E-state index contributed by atoms with van der Waals surface area (Å²) < 4.78 is 44.9. The fourth-order valence-electron chi connectivity index (χ4n) is 3.30. The second-order valence-corrected chi connectivity index (χ2v) is 8.60. The van der Waals surface area contributed by atoms with Crippen LogP contribution in [-0.4, -0.2) is 20.9 Å². The summed E-state index contributed by atoms with van der Waals surface area (Å²) in [4.78, 5) is 12.7. The van der Waals surface area contributed by atoms with E-state index in [-0.39, 0.29) is 16.3 Å². The van der Waals surface area contributed by atoms with Gasteiger partial charge in [-0.15, -0.1) is 0 Å². The number of amides is 1. The molecule has 0 saturated heterocycles. The summed E-state index contributed by atoms with van der Waals surface area (Å²) in [5.74, 6) is -0.594. The SMILES string of the molecule is CCOc1ccc(NC2=C(C(=O)Nc3ccc(F)cc3)S(=O)(=O)c3ccccc32)cc1. The summed E-state index contributed by atoms with van der Waals surface area (Å²) in [6, 6.07) is 18.5. The smallest absolute Gasteiger partial charge is 0.269 e. The summed E-state index contributed by atoms with van der Waals surface area (Å²) in [6.45, 7) is 2.40. The molecule has 31 heavy (non-hydrogen) atoms. The molecule has 0 aromatic heterocycles. The third-order valence-corrected chi connectivity index (χ3v) is 6.55. The molecule has 1 heterocycles. The second kappa shape index (κ2) is 8.23. The Labute approximate surface area is 179 Å². The number of carbonyl (C=O) groups excluding carboxylic acids is 1. The zero-order chi connectivity index (χ0) is 22.0. The molecule has 8 heteroatoms. The van der Waals surface area contributed by atoms with Gasteiger partial charge >= 0.3 is 0 Å². The van der Waals surface area contributed by atoms with Crippen molar-refractivity contribution in [3.05, 3.63) is 89.1 Å². The van der Waals surface area contributed by atoms with Crippen LogP contribution in [0.5, 0.6) is 5.75 Å². The van der Waals surface area contributed by atoms with Gasteiger partial charge in [-0.25, -0.2) is 12.8 Å². The normalized spacial score (nSPS) is 14.1. The van der Waals surface area contributed by atoms with E-state index in [0.29, 0.717) is 23.6 Å². The van der Waals surface area contributed by atoms with Crippen LogP contribution in [-0.2, 0) is 14.6 Å². The molecule has 2 N–H and O–H groups in total. The van der Waals surface area contributed by atoms with E-state index in [4.69, 9.17) is 4.74 Å². The topological polar surface area (TPSA) is 84.5 Å². The van der Waals surface area contributed by atoms with Crippen molar-refractivity contribution < 1.29 is 22.3 Å². The summed E-state index contributed by atoms with van der Waals surface area (Å²) in [6.07, 6.45) is 0. The first-order chi connectivity index (χ1) is 14.9. The molecular weight excluding hydrogens is 419 g/mol. The lowest BCUT2D eigenvalue weighted by Crippen LogP contribution is -2.20. The molecule has 0 spiro atoms. The standard InChI is InChI=1S/C23H19FN2O4S/c1-2-30-18-13-11-16(12-14-18)25-21-19-5-3-4-6-20(19)31(28,29)22(21)23(27)26-17-9-7-15(24)8-10-17/h3-14,25H,2H2,1H3,(H,26,27). The zero-order valence-electron chi connectivity index (χ0n) is 16.6.